The van der Waals surface area contributed by atoms with E-state index in [2.05, 4.69) is 5.32 Å². The maximum Gasteiger partial charge on any atom is 0.258 e. The first-order valence-corrected chi connectivity index (χ1v) is 8.95. The predicted octanol–water partition coefficient (Wildman–Crippen LogP) is 2.95. The van der Waals surface area contributed by atoms with Crippen LogP contribution in [0.5, 0.6) is 5.75 Å². The lowest BCUT2D eigenvalue weighted by molar-refractivity contribution is -0.123. The summed E-state index contributed by atoms with van der Waals surface area (Å²) in [6.07, 6.45) is 0. The third-order valence-electron chi connectivity index (χ3n) is 3.90. The molecule has 0 bridgehead atoms. The summed E-state index contributed by atoms with van der Waals surface area (Å²) in [4.78, 5) is 27.5. The van der Waals surface area contributed by atoms with Gasteiger partial charge in [0.15, 0.2) is 6.61 Å². The van der Waals surface area contributed by atoms with Gasteiger partial charge in [-0.15, -0.1) is 0 Å². The van der Waals surface area contributed by atoms with Crippen LogP contribution in [0.25, 0.3) is 0 Å². The van der Waals surface area contributed by atoms with Crippen LogP contribution in [0.3, 0.4) is 0 Å². The molecule has 0 saturated heterocycles. The average Bonchev–Trinajstić information content (AvgIpc) is 2.64. The van der Waals surface area contributed by atoms with Gasteiger partial charge >= 0.3 is 0 Å². The third kappa shape index (κ3) is 6.49. The number of nitrogens with one attached hydrogen (secondary N) is 1. The Morgan fingerprint density at radius 1 is 1.00 bits per heavy atom. The molecule has 0 aliphatic carbocycles. The van der Waals surface area contributed by atoms with Gasteiger partial charge in [0.25, 0.3) is 5.91 Å². The molecule has 2 aromatic carbocycles. The van der Waals surface area contributed by atoms with Gasteiger partial charge in [-0.25, -0.2) is 0 Å². The molecule has 0 atom stereocenters. The van der Waals surface area contributed by atoms with Crippen LogP contribution in [-0.4, -0.2) is 45.6 Å². The number of carbonyl (C=O) groups excluding carboxylic acids is 2. The Labute approximate surface area is 164 Å². The van der Waals surface area contributed by atoms with E-state index in [1.165, 1.54) is 6.92 Å². The number of rotatable bonds is 8. The zero-order valence-corrected chi connectivity index (χ0v) is 16.5. The third-order valence-corrected chi connectivity index (χ3v) is 4.15. The van der Waals surface area contributed by atoms with Gasteiger partial charge in [0.05, 0.1) is 0 Å². The summed E-state index contributed by atoms with van der Waals surface area (Å²) in [6, 6.07) is 14.5. The predicted molar refractivity (Wildman–Crippen MR) is 109 cm³/mol. The lowest BCUT2D eigenvalue weighted by Gasteiger charge is -2.22. The van der Waals surface area contributed by atoms with Crippen molar-refractivity contribution in [2.75, 3.05) is 43.6 Å². The second-order valence-corrected chi connectivity index (χ2v) is 6.61. The molecule has 27 heavy (non-hydrogen) atoms. The zero-order chi connectivity index (χ0) is 19.8. The van der Waals surface area contributed by atoms with Crippen LogP contribution in [0.2, 0.25) is 5.02 Å². The molecule has 0 unspecified atom stereocenters. The molecule has 0 fully saturated rings. The Morgan fingerprint density at radius 2 is 1.59 bits per heavy atom. The summed E-state index contributed by atoms with van der Waals surface area (Å²) in [5, 5.41) is 3.36. The number of nitrogens with zero attached hydrogens (tertiary/aromatic N) is 2. The van der Waals surface area contributed by atoms with Gasteiger partial charge in [-0.05, 0) is 48.5 Å². The minimum Gasteiger partial charge on any atom is -0.484 e. The highest BCUT2D eigenvalue weighted by atomic mass is 35.5. The Balaban J connectivity index is 1.82. The normalized spacial score (nSPS) is 10.2. The van der Waals surface area contributed by atoms with Crippen molar-refractivity contribution in [3.8, 4) is 5.75 Å². The van der Waals surface area contributed by atoms with Crippen molar-refractivity contribution in [2.45, 2.75) is 6.92 Å². The lowest BCUT2D eigenvalue weighted by atomic mass is 10.2. The number of amides is 2. The van der Waals surface area contributed by atoms with Crippen LogP contribution in [-0.2, 0) is 9.59 Å². The minimum absolute atomic E-state index is 0.0840. The Hall–Kier alpha value is -2.73. The van der Waals surface area contributed by atoms with Crippen molar-refractivity contribution in [3.63, 3.8) is 0 Å². The molecule has 1 N–H and O–H groups in total. The van der Waals surface area contributed by atoms with E-state index in [-0.39, 0.29) is 18.4 Å². The fourth-order valence-corrected chi connectivity index (χ4v) is 2.56. The van der Waals surface area contributed by atoms with E-state index in [1.54, 1.807) is 29.2 Å². The number of benzene rings is 2. The maximum atomic E-state index is 11.9. The largest absolute Gasteiger partial charge is 0.484 e. The van der Waals surface area contributed by atoms with Gasteiger partial charge in [0.2, 0.25) is 5.91 Å². The van der Waals surface area contributed by atoms with E-state index in [4.69, 9.17) is 16.3 Å². The molecule has 2 rings (SSSR count). The van der Waals surface area contributed by atoms with Crippen LogP contribution in [0.4, 0.5) is 11.4 Å². The fourth-order valence-electron chi connectivity index (χ4n) is 2.44. The first kappa shape index (κ1) is 20.6. The summed E-state index contributed by atoms with van der Waals surface area (Å²) in [5.41, 5.74) is 1.84. The Morgan fingerprint density at radius 3 is 2.15 bits per heavy atom. The SMILES string of the molecule is CC(=O)N(CCNC(=O)COc1ccc(Cl)cc1)c1ccc(N(C)C)cc1. The molecule has 0 spiro atoms. The summed E-state index contributed by atoms with van der Waals surface area (Å²) in [6.45, 7) is 2.12. The molecule has 0 saturated carbocycles. The summed E-state index contributed by atoms with van der Waals surface area (Å²) in [7, 11) is 3.92. The molecule has 6 nitrogen and oxygen atoms in total. The van der Waals surface area contributed by atoms with Gasteiger partial charge in [0, 0.05) is 50.5 Å². The number of hydrogen-bond donors (Lipinski definition) is 1. The zero-order valence-electron chi connectivity index (χ0n) is 15.7. The van der Waals surface area contributed by atoms with E-state index < -0.39 is 0 Å². The van der Waals surface area contributed by atoms with E-state index >= 15 is 0 Å². The molecule has 0 aromatic heterocycles. The summed E-state index contributed by atoms with van der Waals surface area (Å²) >= 11 is 5.80. The van der Waals surface area contributed by atoms with E-state index in [0.29, 0.717) is 23.9 Å². The number of hydrogen-bond acceptors (Lipinski definition) is 4. The quantitative estimate of drug-likeness (QED) is 0.754. The maximum absolute atomic E-state index is 11.9. The minimum atomic E-state index is -0.253. The van der Waals surface area contributed by atoms with Gasteiger partial charge in [-0.2, -0.15) is 0 Å². The fraction of sp³-hybridized carbons (Fsp3) is 0.300. The first-order valence-electron chi connectivity index (χ1n) is 8.57. The van der Waals surface area contributed by atoms with Crippen molar-refractivity contribution in [1.29, 1.82) is 0 Å². The number of halogens is 1. The highest BCUT2D eigenvalue weighted by Gasteiger charge is 2.12. The first-order chi connectivity index (χ1) is 12.9. The highest BCUT2D eigenvalue weighted by molar-refractivity contribution is 6.30. The lowest BCUT2D eigenvalue weighted by Crippen LogP contribution is -2.39. The molecule has 0 radical (unpaired) electrons. The number of ether oxygens (including phenoxy) is 1. The summed E-state index contributed by atoms with van der Waals surface area (Å²) in [5.74, 6) is 0.233. The monoisotopic (exact) mass is 389 g/mol. The van der Waals surface area contributed by atoms with Crippen molar-refractivity contribution in [2.24, 2.45) is 0 Å². The van der Waals surface area contributed by atoms with Gasteiger partial charge in [0.1, 0.15) is 5.75 Å². The highest BCUT2D eigenvalue weighted by Crippen LogP contribution is 2.19. The second kappa shape index (κ2) is 9.83. The van der Waals surface area contributed by atoms with Crippen LogP contribution in [0.1, 0.15) is 6.92 Å². The number of anilines is 2. The standard InChI is InChI=1S/C20H24ClN3O3/c1-15(25)24(18-8-6-17(7-9-18)23(2)3)13-12-22-20(26)14-27-19-10-4-16(21)5-11-19/h4-11H,12-14H2,1-3H3,(H,22,26). The number of carbonyl (C=O) groups is 2. The van der Waals surface area contributed by atoms with Gasteiger partial charge in [-0.3, -0.25) is 9.59 Å². The van der Waals surface area contributed by atoms with E-state index in [1.807, 2.05) is 43.3 Å². The average molecular weight is 390 g/mol. The molecule has 0 heterocycles. The molecule has 7 heteroatoms. The molecule has 144 valence electrons. The van der Waals surface area contributed by atoms with Crippen LogP contribution < -0.4 is 19.9 Å². The van der Waals surface area contributed by atoms with Crippen LogP contribution in [0, 0.1) is 0 Å². The second-order valence-electron chi connectivity index (χ2n) is 6.17. The van der Waals surface area contributed by atoms with Crippen molar-refractivity contribution in [1.82, 2.24) is 5.32 Å². The van der Waals surface area contributed by atoms with Crippen molar-refractivity contribution >= 4 is 34.8 Å². The smallest absolute Gasteiger partial charge is 0.258 e. The molecule has 2 aromatic rings. The van der Waals surface area contributed by atoms with Crippen LogP contribution in [0.15, 0.2) is 48.5 Å². The van der Waals surface area contributed by atoms with Crippen molar-refractivity contribution in [3.05, 3.63) is 53.6 Å². The molecule has 2 amide bonds. The molecular formula is C20H24ClN3O3. The molecule has 0 aliphatic heterocycles. The van der Waals surface area contributed by atoms with E-state index in [0.717, 1.165) is 11.4 Å². The Bertz CT molecular complexity index is 761. The van der Waals surface area contributed by atoms with Gasteiger partial charge in [-0.1, -0.05) is 11.6 Å². The van der Waals surface area contributed by atoms with Gasteiger partial charge < -0.3 is 19.9 Å². The van der Waals surface area contributed by atoms with Crippen LogP contribution >= 0.6 is 11.6 Å². The summed E-state index contributed by atoms with van der Waals surface area (Å²) < 4.78 is 5.39. The Kier molecular flexibility index (Phi) is 7.49. The van der Waals surface area contributed by atoms with Crippen molar-refractivity contribution < 1.29 is 14.3 Å². The molecular weight excluding hydrogens is 366 g/mol. The topological polar surface area (TPSA) is 61.9 Å². The van der Waals surface area contributed by atoms with E-state index in [9.17, 15) is 9.59 Å². The molecule has 0 aliphatic rings.